The van der Waals surface area contributed by atoms with Crippen LogP contribution in [0.4, 0.5) is 0 Å². The molecule has 0 atom stereocenters. The van der Waals surface area contributed by atoms with E-state index in [1.165, 1.54) is 0 Å². The Kier molecular flexibility index (Phi) is 4.97. The van der Waals surface area contributed by atoms with E-state index in [0.29, 0.717) is 0 Å². The van der Waals surface area contributed by atoms with Crippen molar-refractivity contribution in [2.24, 2.45) is 0 Å². The third kappa shape index (κ3) is 4.62. The number of thiazole rings is 1. The van der Waals surface area contributed by atoms with Crippen LogP contribution in [0.15, 0.2) is 9.72 Å². The number of aromatic nitrogens is 1. The first-order valence-corrected chi connectivity index (χ1v) is 6.32. The van der Waals surface area contributed by atoms with Crippen molar-refractivity contribution in [3.63, 3.8) is 0 Å². The molecule has 0 saturated heterocycles. The zero-order valence-corrected chi connectivity index (χ0v) is 9.66. The Morgan fingerprint density at radius 2 is 2.43 bits per heavy atom. The fraction of sp³-hybridized carbons (Fsp3) is 0.556. The quantitative estimate of drug-likeness (QED) is 0.604. The lowest BCUT2D eigenvalue weighted by molar-refractivity contribution is -0.137. The number of hydrogen-bond acceptors (Lipinski definition) is 4. The van der Waals surface area contributed by atoms with Crippen LogP contribution in [-0.2, 0) is 4.79 Å². The zero-order valence-electron chi connectivity index (χ0n) is 8.02. The van der Waals surface area contributed by atoms with Crippen molar-refractivity contribution in [3.05, 3.63) is 11.1 Å². The lowest BCUT2D eigenvalue weighted by Crippen LogP contribution is -1.94. The van der Waals surface area contributed by atoms with Gasteiger partial charge in [0.1, 0.15) is 4.34 Å². The normalized spacial score (nSPS) is 10.4. The smallest absolute Gasteiger partial charge is 0.303 e. The molecule has 14 heavy (non-hydrogen) atoms. The van der Waals surface area contributed by atoms with Gasteiger partial charge in [-0.3, -0.25) is 4.79 Å². The standard InChI is InChI=1S/C9H13NO2S2/c1-7-6-14-9(10-7)13-5-3-2-4-8(11)12/h6H,2-5H2,1H3,(H,11,12). The number of carbonyl (C=O) groups is 1. The van der Waals surface area contributed by atoms with Gasteiger partial charge in [0.2, 0.25) is 0 Å². The van der Waals surface area contributed by atoms with Crippen molar-refractivity contribution in [2.45, 2.75) is 30.5 Å². The second-order valence-corrected chi connectivity index (χ2v) is 5.15. The van der Waals surface area contributed by atoms with E-state index in [-0.39, 0.29) is 6.42 Å². The molecule has 0 aliphatic heterocycles. The van der Waals surface area contributed by atoms with Crippen LogP contribution in [0.1, 0.15) is 25.0 Å². The topological polar surface area (TPSA) is 50.2 Å². The molecule has 1 aromatic rings. The second-order valence-electron chi connectivity index (χ2n) is 2.95. The first-order chi connectivity index (χ1) is 6.68. The SMILES string of the molecule is Cc1csc(SCCCCC(=O)O)n1. The minimum absolute atomic E-state index is 0.275. The number of carboxylic acids is 1. The Hall–Kier alpha value is -0.550. The van der Waals surface area contributed by atoms with Crippen molar-refractivity contribution in [2.75, 3.05) is 5.75 Å². The van der Waals surface area contributed by atoms with Gasteiger partial charge in [-0.1, -0.05) is 11.8 Å². The van der Waals surface area contributed by atoms with Gasteiger partial charge in [0, 0.05) is 23.2 Å². The molecule has 1 rings (SSSR count). The van der Waals surface area contributed by atoms with Gasteiger partial charge in [-0.25, -0.2) is 4.98 Å². The van der Waals surface area contributed by atoms with Crippen molar-refractivity contribution in [1.82, 2.24) is 4.98 Å². The van der Waals surface area contributed by atoms with Gasteiger partial charge in [0.25, 0.3) is 0 Å². The fourth-order valence-corrected chi connectivity index (χ4v) is 2.86. The van der Waals surface area contributed by atoms with Gasteiger partial charge >= 0.3 is 5.97 Å². The first-order valence-electron chi connectivity index (χ1n) is 4.45. The van der Waals surface area contributed by atoms with Gasteiger partial charge in [0.15, 0.2) is 0 Å². The zero-order chi connectivity index (χ0) is 10.4. The van der Waals surface area contributed by atoms with Crippen LogP contribution in [-0.4, -0.2) is 21.8 Å². The molecule has 0 saturated carbocycles. The number of rotatable bonds is 6. The Labute approximate surface area is 91.6 Å². The summed E-state index contributed by atoms with van der Waals surface area (Å²) >= 11 is 3.36. The monoisotopic (exact) mass is 231 g/mol. The van der Waals surface area contributed by atoms with Gasteiger partial charge in [-0.05, 0) is 19.8 Å². The molecule has 0 aliphatic carbocycles. The lowest BCUT2D eigenvalue weighted by atomic mass is 10.3. The summed E-state index contributed by atoms with van der Waals surface area (Å²) in [5, 5.41) is 10.4. The van der Waals surface area contributed by atoms with E-state index in [1.807, 2.05) is 12.3 Å². The summed E-state index contributed by atoms with van der Waals surface area (Å²) in [4.78, 5) is 14.5. The first kappa shape index (κ1) is 11.5. The summed E-state index contributed by atoms with van der Waals surface area (Å²) in [6.07, 6.45) is 1.97. The van der Waals surface area contributed by atoms with Crippen LogP contribution in [0.25, 0.3) is 0 Å². The molecule has 3 nitrogen and oxygen atoms in total. The van der Waals surface area contributed by atoms with Gasteiger partial charge < -0.3 is 5.11 Å². The number of nitrogens with zero attached hydrogens (tertiary/aromatic N) is 1. The van der Waals surface area contributed by atoms with E-state index in [0.717, 1.165) is 28.6 Å². The van der Waals surface area contributed by atoms with Crippen molar-refractivity contribution < 1.29 is 9.90 Å². The molecule has 0 radical (unpaired) electrons. The minimum atomic E-state index is -0.708. The largest absolute Gasteiger partial charge is 0.481 e. The molecule has 1 heterocycles. The molecule has 0 aromatic carbocycles. The van der Waals surface area contributed by atoms with E-state index in [1.54, 1.807) is 23.1 Å². The van der Waals surface area contributed by atoms with Crippen LogP contribution in [0, 0.1) is 6.92 Å². The van der Waals surface area contributed by atoms with Crippen molar-refractivity contribution >= 4 is 29.1 Å². The van der Waals surface area contributed by atoms with E-state index < -0.39 is 5.97 Å². The number of aliphatic carboxylic acids is 1. The predicted molar refractivity (Wildman–Crippen MR) is 59.1 cm³/mol. The van der Waals surface area contributed by atoms with Gasteiger partial charge in [0.05, 0.1) is 0 Å². The van der Waals surface area contributed by atoms with Crippen molar-refractivity contribution in [3.8, 4) is 0 Å². The maximum absolute atomic E-state index is 10.2. The predicted octanol–water partition coefficient (Wildman–Crippen LogP) is 2.80. The lowest BCUT2D eigenvalue weighted by Gasteiger charge is -1.96. The molecule has 1 N–H and O–H groups in total. The molecule has 0 spiro atoms. The van der Waals surface area contributed by atoms with Crippen LogP contribution in [0.3, 0.4) is 0 Å². The van der Waals surface area contributed by atoms with Crippen LogP contribution in [0.2, 0.25) is 0 Å². The van der Waals surface area contributed by atoms with Crippen LogP contribution < -0.4 is 0 Å². The van der Waals surface area contributed by atoms with E-state index in [9.17, 15) is 4.79 Å². The Bertz CT molecular complexity index is 299. The number of aryl methyl sites for hydroxylation is 1. The van der Waals surface area contributed by atoms with E-state index in [4.69, 9.17) is 5.11 Å². The van der Waals surface area contributed by atoms with E-state index >= 15 is 0 Å². The van der Waals surface area contributed by atoms with Crippen molar-refractivity contribution in [1.29, 1.82) is 0 Å². The molecule has 0 fully saturated rings. The highest BCUT2D eigenvalue weighted by atomic mass is 32.2. The molecule has 0 unspecified atom stereocenters. The Balaban J connectivity index is 2.07. The molecule has 5 heteroatoms. The Morgan fingerprint density at radius 1 is 1.64 bits per heavy atom. The maximum atomic E-state index is 10.2. The highest BCUT2D eigenvalue weighted by Crippen LogP contribution is 2.23. The third-order valence-corrected chi connectivity index (χ3v) is 3.83. The second kappa shape index (κ2) is 6.03. The summed E-state index contributed by atoms with van der Waals surface area (Å²) in [5.41, 5.74) is 1.06. The molecular weight excluding hydrogens is 218 g/mol. The third-order valence-electron chi connectivity index (χ3n) is 1.61. The highest BCUT2D eigenvalue weighted by Gasteiger charge is 2.00. The maximum Gasteiger partial charge on any atom is 0.303 e. The Morgan fingerprint density at radius 3 is 3.00 bits per heavy atom. The number of unbranched alkanes of at least 4 members (excludes halogenated alkanes) is 1. The number of hydrogen-bond donors (Lipinski definition) is 1. The summed E-state index contributed by atoms with van der Waals surface area (Å²) in [5.74, 6) is 0.250. The summed E-state index contributed by atoms with van der Waals surface area (Å²) in [6, 6.07) is 0. The molecule has 0 amide bonds. The molecule has 0 aliphatic rings. The number of thioether (sulfide) groups is 1. The number of carboxylic acid groups (broad SMARTS) is 1. The average Bonchev–Trinajstić information content (AvgIpc) is 2.50. The molecular formula is C9H13NO2S2. The summed E-state index contributed by atoms with van der Waals surface area (Å²) < 4.78 is 1.08. The van der Waals surface area contributed by atoms with E-state index in [2.05, 4.69) is 4.98 Å². The molecule has 0 bridgehead atoms. The van der Waals surface area contributed by atoms with Gasteiger partial charge in [-0.2, -0.15) is 0 Å². The molecule has 78 valence electrons. The molecule has 1 aromatic heterocycles. The fourth-order valence-electron chi connectivity index (χ4n) is 0.936. The summed E-state index contributed by atoms with van der Waals surface area (Å²) in [6.45, 7) is 1.98. The van der Waals surface area contributed by atoms with Gasteiger partial charge in [-0.15, -0.1) is 11.3 Å². The average molecular weight is 231 g/mol. The van der Waals surface area contributed by atoms with Crippen LogP contribution in [0.5, 0.6) is 0 Å². The summed E-state index contributed by atoms with van der Waals surface area (Å²) in [7, 11) is 0. The highest BCUT2D eigenvalue weighted by molar-refractivity contribution is 8.00. The minimum Gasteiger partial charge on any atom is -0.481 e. The van der Waals surface area contributed by atoms with Crippen LogP contribution >= 0.6 is 23.1 Å².